The van der Waals surface area contributed by atoms with E-state index in [1.54, 1.807) is 5.57 Å². The van der Waals surface area contributed by atoms with Crippen LogP contribution >= 0.6 is 0 Å². The zero-order valence-corrected chi connectivity index (χ0v) is 7.50. The van der Waals surface area contributed by atoms with Crippen LogP contribution in [0.2, 0.25) is 0 Å². The van der Waals surface area contributed by atoms with E-state index in [-0.39, 0.29) is 0 Å². The molecule has 2 rings (SSSR count). The van der Waals surface area contributed by atoms with Crippen LogP contribution in [-0.2, 0) is 0 Å². The van der Waals surface area contributed by atoms with Crippen LogP contribution in [0.25, 0.3) is 0 Å². The predicted octanol–water partition coefficient (Wildman–Crippen LogP) is 3.62. The maximum Gasteiger partial charge on any atom is -0.00170 e. The highest BCUT2D eigenvalue weighted by Gasteiger charge is 2.14. The van der Waals surface area contributed by atoms with Crippen LogP contribution in [0.3, 0.4) is 0 Å². The third-order valence-electron chi connectivity index (χ3n) is 2.83. The van der Waals surface area contributed by atoms with Crippen molar-refractivity contribution in [3.05, 3.63) is 36.0 Å². The minimum absolute atomic E-state index is 0.752. The molecule has 0 amide bonds. The summed E-state index contributed by atoms with van der Waals surface area (Å²) in [5.74, 6) is 0.752. The molecule has 1 atom stereocenters. The van der Waals surface area contributed by atoms with E-state index in [2.05, 4.69) is 30.4 Å². The topological polar surface area (TPSA) is 0 Å². The molecule has 1 saturated carbocycles. The van der Waals surface area contributed by atoms with Crippen molar-refractivity contribution in [2.24, 2.45) is 5.92 Å². The van der Waals surface area contributed by atoms with Gasteiger partial charge in [0, 0.05) is 0 Å². The van der Waals surface area contributed by atoms with Crippen molar-refractivity contribution in [3.8, 4) is 0 Å². The van der Waals surface area contributed by atoms with E-state index < -0.39 is 0 Å². The lowest BCUT2D eigenvalue weighted by Gasteiger charge is -2.11. The first-order valence-electron chi connectivity index (χ1n) is 5.01. The third kappa shape index (κ3) is 1.69. The Bertz CT molecular complexity index is 230. The molecule has 64 valence electrons. The van der Waals surface area contributed by atoms with Gasteiger partial charge in [-0.15, -0.1) is 0 Å². The minimum Gasteiger partial charge on any atom is -0.0773 e. The van der Waals surface area contributed by atoms with Gasteiger partial charge in [0.25, 0.3) is 0 Å². The van der Waals surface area contributed by atoms with Crippen LogP contribution in [-0.4, -0.2) is 0 Å². The Labute approximate surface area is 74.7 Å². The molecule has 0 radical (unpaired) electrons. The Morgan fingerprint density at radius 3 is 3.00 bits per heavy atom. The summed E-state index contributed by atoms with van der Waals surface area (Å²) < 4.78 is 0. The summed E-state index contributed by atoms with van der Waals surface area (Å²) in [6.07, 6.45) is 18.1. The van der Waals surface area contributed by atoms with E-state index in [1.807, 2.05) is 0 Å². The number of hydrogen-bond donors (Lipinski definition) is 0. The molecular formula is C12H16. The van der Waals surface area contributed by atoms with Crippen LogP contribution in [0.15, 0.2) is 36.0 Å². The zero-order chi connectivity index (χ0) is 8.23. The van der Waals surface area contributed by atoms with E-state index in [0.29, 0.717) is 0 Å². The summed E-state index contributed by atoms with van der Waals surface area (Å²) >= 11 is 0. The molecule has 0 heteroatoms. The summed E-state index contributed by atoms with van der Waals surface area (Å²) in [6.45, 7) is 0. The fraction of sp³-hybridized carbons (Fsp3) is 0.500. The van der Waals surface area contributed by atoms with Gasteiger partial charge in [0.2, 0.25) is 0 Å². The number of allylic oxidation sites excluding steroid dienone is 6. The molecular weight excluding hydrogens is 144 g/mol. The molecule has 1 unspecified atom stereocenters. The van der Waals surface area contributed by atoms with Gasteiger partial charge in [0.1, 0.15) is 0 Å². The lowest BCUT2D eigenvalue weighted by atomic mass is 9.94. The van der Waals surface area contributed by atoms with Crippen LogP contribution in [0.4, 0.5) is 0 Å². The van der Waals surface area contributed by atoms with E-state index in [0.717, 1.165) is 5.92 Å². The van der Waals surface area contributed by atoms with Crippen molar-refractivity contribution in [2.45, 2.75) is 32.1 Å². The van der Waals surface area contributed by atoms with Crippen molar-refractivity contribution in [1.82, 2.24) is 0 Å². The minimum atomic E-state index is 0.752. The largest absolute Gasteiger partial charge is 0.0773 e. The molecule has 0 heterocycles. The molecule has 0 aromatic heterocycles. The first-order valence-corrected chi connectivity index (χ1v) is 5.01. The lowest BCUT2D eigenvalue weighted by molar-refractivity contribution is 0.643. The van der Waals surface area contributed by atoms with E-state index >= 15 is 0 Å². The molecule has 0 N–H and O–H groups in total. The second-order valence-electron chi connectivity index (χ2n) is 3.72. The van der Waals surface area contributed by atoms with Crippen LogP contribution in [0, 0.1) is 5.92 Å². The van der Waals surface area contributed by atoms with E-state index in [1.165, 1.54) is 32.1 Å². The first-order chi connectivity index (χ1) is 5.97. The number of rotatable bonds is 0. The SMILES string of the molecule is C1=CC=C2CCCCCC2C=C1. The highest BCUT2D eigenvalue weighted by atomic mass is 14.2. The van der Waals surface area contributed by atoms with Crippen LogP contribution in [0.5, 0.6) is 0 Å². The van der Waals surface area contributed by atoms with Gasteiger partial charge in [-0.25, -0.2) is 0 Å². The summed E-state index contributed by atoms with van der Waals surface area (Å²) in [6, 6.07) is 0. The monoisotopic (exact) mass is 160 g/mol. The van der Waals surface area contributed by atoms with Gasteiger partial charge in [-0.05, 0) is 25.2 Å². The highest BCUT2D eigenvalue weighted by Crippen LogP contribution is 2.30. The van der Waals surface area contributed by atoms with Crippen LogP contribution < -0.4 is 0 Å². The van der Waals surface area contributed by atoms with Crippen molar-refractivity contribution >= 4 is 0 Å². The average molecular weight is 160 g/mol. The highest BCUT2D eigenvalue weighted by molar-refractivity contribution is 5.26. The van der Waals surface area contributed by atoms with Gasteiger partial charge < -0.3 is 0 Å². The van der Waals surface area contributed by atoms with E-state index in [9.17, 15) is 0 Å². The molecule has 0 aliphatic heterocycles. The van der Waals surface area contributed by atoms with Crippen molar-refractivity contribution in [2.75, 3.05) is 0 Å². The normalized spacial score (nSPS) is 28.7. The van der Waals surface area contributed by atoms with Gasteiger partial charge in [-0.1, -0.05) is 48.8 Å². The Morgan fingerprint density at radius 2 is 2.00 bits per heavy atom. The molecule has 0 spiro atoms. The molecule has 0 aromatic carbocycles. The van der Waals surface area contributed by atoms with Gasteiger partial charge in [-0.3, -0.25) is 0 Å². The molecule has 2 aliphatic carbocycles. The second-order valence-corrected chi connectivity index (χ2v) is 3.72. The zero-order valence-electron chi connectivity index (χ0n) is 7.50. The number of hydrogen-bond acceptors (Lipinski definition) is 0. The molecule has 0 nitrogen and oxygen atoms in total. The van der Waals surface area contributed by atoms with Gasteiger partial charge in [0.05, 0.1) is 0 Å². The Morgan fingerprint density at radius 1 is 1.00 bits per heavy atom. The fourth-order valence-corrected chi connectivity index (χ4v) is 2.11. The maximum absolute atomic E-state index is 2.36. The van der Waals surface area contributed by atoms with Gasteiger partial charge >= 0.3 is 0 Å². The first kappa shape index (κ1) is 7.85. The predicted molar refractivity (Wildman–Crippen MR) is 52.9 cm³/mol. The summed E-state index contributed by atoms with van der Waals surface area (Å²) in [4.78, 5) is 0. The summed E-state index contributed by atoms with van der Waals surface area (Å²) in [5, 5.41) is 0. The summed E-state index contributed by atoms with van der Waals surface area (Å²) in [5.41, 5.74) is 1.65. The molecule has 0 bridgehead atoms. The Hall–Kier alpha value is -0.780. The van der Waals surface area contributed by atoms with Gasteiger partial charge in [0.15, 0.2) is 0 Å². The molecule has 12 heavy (non-hydrogen) atoms. The second kappa shape index (κ2) is 3.75. The molecule has 0 saturated heterocycles. The molecule has 2 aliphatic rings. The molecule has 0 aromatic rings. The summed E-state index contributed by atoms with van der Waals surface area (Å²) in [7, 11) is 0. The van der Waals surface area contributed by atoms with Gasteiger partial charge in [-0.2, -0.15) is 0 Å². The smallest absolute Gasteiger partial charge is 0.00170 e. The molecule has 1 fully saturated rings. The van der Waals surface area contributed by atoms with Crippen molar-refractivity contribution in [3.63, 3.8) is 0 Å². The Kier molecular flexibility index (Phi) is 2.45. The van der Waals surface area contributed by atoms with Crippen molar-refractivity contribution in [1.29, 1.82) is 0 Å². The quantitative estimate of drug-likeness (QED) is 0.507. The maximum atomic E-state index is 2.36. The lowest BCUT2D eigenvalue weighted by Crippen LogP contribution is -1.97. The fourth-order valence-electron chi connectivity index (χ4n) is 2.11. The van der Waals surface area contributed by atoms with E-state index in [4.69, 9.17) is 0 Å². The van der Waals surface area contributed by atoms with Crippen LogP contribution in [0.1, 0.15) is 32.1 Å². The average Bonchev–Trinajstić information content (AvgIpc) is 2.38. The number of fused-ring (bicyclic) bond motifs is 1. The Balaban J connectivity index is 2.19. The van der Waals surface area contributed by atoms with Crippen molar-refractivity contribution < 1.29 is 0 Å². The third-order valence-corrected chi connectivity index (χ3v) is 2.83. The standard InChI is InChI=1S/C12H16/c1-3-7-11-9-5-2-6-10-12(11)8-4-1/h1,3-4,7-8,11H,2,5-6,9-10H2.